The number of amides is 1. The van der Waals surface area contributed by atoms with Crippen LogP contribution in [0.25, 0.3) is 0 Å². The predicted molar refractivity (Wildman–Crippen MR) is 67.6 cm³/mol. The average molecular weight is 267 g/mol. The minimum Gasteiger partial charge on any atom is -0.480 e. The highest BCUT2D eigenvalue weighted by molar-refractivity contribution is 6.03. The van der Waals surface area contributed by atoms with Crippen LogP contribution in [0.3, 0.4) is 0 Å². The lowest BCUT2D eigenvalue weighted by atomic mass is 9.67. The average Bonchev–Trinajstić information content (AvgIpc) is 2.36. The lowest BCUT2D eigenvalue weighted by Gasteiger charge is -2.48. The molecular formula is C14H21NO4. The zero-order valence-electron chi connectivity index (χ0n) is 11.1. The summed E-state index contributed by atoms with van der Waals surface area (Å²) in [6.45, 7) is 1.09. The normalized spacial score (nSPS) is 33.2. The first kappa shape index (κ1) is 12.9. The van der Waals surface area contributed by atoms with Gasteiger partial charge in [-0.3, -0.25) is 9.59 Å². The molecule has 0 spiro atoms. The van der Waals surface area contributed by atoms with Crippen molar-refractivity contribution in [1.29, 1.82) is 0 Å². The molecule has 2 saturated carbocycles. The van der Waals surface area contributed by atoms with E-state index in [0.717, 1.165) is 32.1 Å². The van der Waals surface area contributed by atoms with Gasteiger partial charge in [-0.05, 0) is 25.7 Å². The van der Waals surface area contributed by atoms with Gasteiger partial charge in [0.25, 0.3) is 0 Å². The summed E-state index contributed by atoms with van der Waals surface area (Å²) < 4.78 is 5.75. The quantitative estimate of drug-likeness (QED) is 0.768. The third kappa shape index (κ3) is 1.95. The van der Waals surface area contributed by atoms with E-state index in [-0.39, 0.29) is 18.1 Å². The van der Waals surface area contributed by atoms with Crippen LogP contribution in [-0.2, 0) is 14.3 Å². The Balaban J connectivity index is 1.80. The Morgan fingerprint density at radius 1 is 1.16 bits per heavy atom. The van der Waals surface area contributed by atoms with E-state index in [9.17, 15) is 14.7 Å². The molecule has 3 aliphatic rings. The van der Waals surface area contributed by atoms with E-state index in [1.54, 1.807) is 0 Å². The highest BCUT2D eigenvalue weighted by atomic mass is 16.5. The van der Waals surface area contributed by atoms with Crippen molar-refractivity contribution in [2.24, 2.45) is 5.41 Å². The van der Waals surface area contributed by atoms with Gasteiger partial charge in [0.1, 0.15) is 5.41 Å². The molecule has 1 amide bonds. The maximum absolute atomic E-state index is 12.7. The number of morpholine rings is 1. The number of rotatable bonds is 2. The fourth-order valence-electron chi connectivity index (χ4n) is 3.67. The van der Waals surface area contributed by atoms with Gasteiger partial charge in [-0.2, -0.15) is 0 Å². The van der Waals surface area contributed by atoms with Gasteiger partial charge in [0.05, 0.1) is 18.8 Å². The van der Waals surface area contributed by atoms with E-state index in [0.29, 0.717) is 26.0 Å². The molecule has 1 saturated heterocycles. The number of fused-ring (bicyclic) bond motifs is 1. The van der Waals surface area contributed by atoms with E-state index in [2.05, 4.69) is 0 Å². The van der Waals surface area contributed by atoms with Gasteiger partial charge in [0.2, 0.25) is 5.91 Å². The minimum absolute atomic E-state index is 0.104. The van der Waals surface area contributed by atoms with Gasteiger partial charge in [-0.15, -0.1) is 0 Å². The zero-order chi connectivity index (χ0) is 13.5. The summed E-state index contributed by atoms with van der Waals surface area (Å²) in [6, 6.07) is 0.104. The maximum Gasteiger partial charge on any atom is 0.319 e. The molecule has 1 aliphatic heterocycles. The molecule has 1 heterocycles. The van der Waals surface area contributed by atoms with E-state index in [4.69, 9.17) is 4.74 Å². The Hall–Kier alpha value is -1.10. The Kier molecular flexibility index (Phi) is 3.25. The third-order valence-electron chi connectivity index (χ3n) is 5.02. The molecule has 1 N–H and O–H groups in total. The highest BCUT2D eigenvalue weighted by Crippen LogP contribution is 2.44. The largest absolute Gasteiger partial charge is 0.480 e. The molecule has 0 aromatic carbocycles. The van der Waals surface area contributed by atoms with Gasteiger partial charge >= 0.3 is 5.97 Å². The summed E-state index contributed by atoms with van der Waals surface area (Å²) in [5.41, 5.74) is -1.13. The Morgan fingerprint density at radius 3 is 2.53 bits per heavy atom. The lowest BCUT2D eigenvalue weighted by Crippen LogP contribution is -2.61. The number of carboxylic acids is 1. The monoisotopic (exact) mass is 267 g/mol. The molecule has 5 heteroatoms. The maximum atomic E-state index is 12.7. The van der Waals surface area contributed by atoms with Crippen LogP contribution in [0.15, 0.2) is 0 Å². The summed E-state index contributed by atoms with van der Waals surface area (Å²) in [6.07, 6.45) is 6.15. The molecule has 3 fully saturated rings. The van der Waals surface area contributed by atoms with Crippen LogP contribution in [0.2, 0.25) is 0 Å². The van der Waals surface area contributed by atoms with Crippen LogP contribution in [0.1, 0.15) is 44.9 Å². The minimum atomic E-state index is -1.13. The first-order chi connectivity index (χ1) is 9.15. The van der Waals surface area contributed by atoms with Gasteiger partial charge in [-0.1, -0.05) is 19.3 Å². The van der Waals surface area contributed by atoms with E-state index in [1.165, 1.54) is 0 Å². The van der Waals surface area contributed by atoms with Crippen molar-refractivity contribution in [2.45, 2.75) is 57.1 Å². The molecule has 0 aromatic rings. The number of hydrogen-bond acceptors (Lipinski definition) is 3. The molecule has 19 heavy (non-hydrogen) atoms. The number of aliphatic carboxylic acids is 1. The van der Waals surface area contributed by atoms with Crippen molar-refractivity contribution in [3.63, 3.8) is 0 Å². The second-order valence-electron chi connectivity index (χ2n) is 6.00. The molecule has 0 radical (unpaired) electrons. The summed E-state index contributed by atoms with van der Waals surface area (Å²) >= 11 is 0. The number of hydrogen-bond donors (Lipinski definition) is 1. The third-order valence-corrected chi connectivity index (χ3v) is 5.02. The van der Waals surface area contributed by atoms with Crippen molar-refractivity contribution in [2.75, 3.05) is 13.2 Å². The van der Waals surface area contributed by atoms with E-state index in [1.807, 2.05) is 4.90 Å². The summed E-state index contributed by atoms with van der Waals surface area (Å²) in [5, 5.41) is 9.40. The second kappa shape index (κ2) is 4.78. The number of carbonyl (C=O) groups excluding carboxylic acids is 1. The first-order valence-electron chi connectivity index (χ1n) is 7.31. The van der Waals surface area contributed by atoms with Gasteiger partial charge < -0.3 is 14.7 Å². The van der Waals surface area contributed by atoms with Crippen LogP contribution in [-0.4, -0.2) is 47.2 Å². The molecule has 106 valence electrons. The number of nitrogens with zero attached hydrogens (tertiary/aromatic N) is 1. The SMILES string of the molecule is O=C(O)C1(C(=O)N2CCOC3CCCCC32)CCC1. The predicted octanol–water partition coefficient (Wildman–Crippen LogP) is 1.41. The Labute approximate surface area is 112 Å². The highest BCUT2D eigenvalue weighted by Gasteiger charge is 2.54. The molecule has 2 unspecified atom stereocenters. The van der Waals surface area contributed by atoms with Crippen molar-refractivity contribution in [3.05, 3.63) is 0 Å². The van der Waals surface area contributed by atoms with Crippen molar-refractivity contribution in [3.8, 4) is 0 Å². The van der Waals surface area contributed by atoms with Gasteiger partial charge in [-0.25, -0.2) is 0 Å². The molecule has 3 rings (SSSR count). The standard InChI is InChI=1S/C14H21NO4/c16-12(14(13(17)18)6-3-7-14)15-8-9-19-11-5-2-1-4-10(11)15/h10-11H,1-9H2,(H,17,18). The fourth-order valence-corrected chi connectivity index (χ4v) is 3.67. The van der Waals surface area contributed by atoms with Crippen LogP contribution in [0.5, 0.6) is 0 Å². The van der Waals surface area contributed by atoms with Gasteiger partial charge in [0, 0.05) is 6.54 Å². The zero-order valence-corrected chi connectivity index (χ0v) is 11.1. The number of carbonyl (C=O) groups is 2. The van der Waals surface area contributed by atoms with Crippen LogP contribution in [0, 0.1) is 5.41 Å². The Bertz CT molecular complexity index is 389. The first-order valence-corrected chi connectivity index (χ1v) is 7.31. The number of carboxylic acid groups (broad SMARTS) is 1. The molecule has 0 bridgehead atoms. The molecule has 5 nitrogen and oxygen atoms in total. The van der Waals surface area contributed by atoms with E-state index < -0.39 is 11.4 Å². The summed E-state index contributed by atoms with van der Waals surface area (Å²) in [4.78, 5) is 26.0. The number of ether oxygens (including phenoxy) is 1. The molecular weight excluding hydrogens is 246 g/mol. The van der Waals surface area contributed by atoms with Gasteiger partial charge in [0.15, 0.2) is 0 Å². The smallest absolute Gasteiger partial charge is 0.319 e. The summed E-state index contributed by atoms with van der Waals surface area (Å²) in [7, 11) is 0. The topological polar surface area (TPSA) is 66.8 Å². The lowest BCUT2D eigenvalue weighted by molar-refractivity contribution is -0.176. The van der Waals surface area contributed by atoms with Crippen LogP contribution >= 0.6 is 0 Å². The summed E-state index contributed by atoms with van der Waals surface area (Å²) in [5.74, 6) is -1.10. The molecule has 0 aromatic heterocycles. The second-order valence-corrected chi connectivity index (χ2v) is 6.00. The van der Waals surface area contributed by atoms with E-state index >= 15 is 0 Å². The molecule has 2 aliphatic carbocycles. The van der Waals surface area contributed by atoms with Crippen molar-refractivity contribution < 1.29 is 19.4 Å². The Morgan fingerprint density at radius 2 is 1.89 bits per heavy atom. The van der Waals surface area contributed by atoms with Crippen LogP contribution in [0.4, 0.5) is 0 Å². The van der Waals surface area contributed by atoms with Crippen LogP contribution < -0.4 is 0 Å². The van der Waals surface area contributed by atoms with Crippen molar-refractivity contribution >= 4 is 11.9 Å². The molecule has 2 atom stereocenters. The van der Waals surface area contributed by atoms with Crippen molar-refractivity contribution in [1.82, 2.24) is 4.90 Å². The fraction of sp³-hybridized carbons (Fsp3) is 0.857.